The van der Waals surface area contributed by atoms with Crippen LogP contribution in [0.3, 0.4) is 0 Å². The third-order valence-electron chi connectivity index (χ3n) is 4.63. The number of hydrogen-bond donors (Lipinski definition) is 3. The Morgan fingerprint density at radius 3 is 2.85 bits per heavy atom. The highest BCUT2D eigenvalue weighted by molar-refractivity contribution is 8.01. The van der Waals surface area contributed by atoms with Gasteiger partial charge in [-0.1, -0.05) is 0 Å². The number of nitrogens with one attached hydrogen (secondary N) is 2. The Kier molecular flexibility index (Phi) is 4.24. The van der Waals surface area contributed by atoms with Gasteiger partial charge in [-0.05, 0) is 36.4 Å². The van der Waals surface area contributed by atoms with E-state index in [4.69, 9.17) is 5.73 Å². The number of carbonyl (C=O) groups is 2. The van der Waals surface area contributed by atoms with Gasteiger partial charge >= 0.3 is 0 Å². The van der Waals surface area contributed by atoms with E-state index in [0.717, 1.165) is 9.75 Å². The number of H-pyrrole nitrogens is 1. The molecule has 3 atom stereocenters. The Hall–Kier alpha value is -1.98. The van der Waals surface area contributed by atoms with Crippen molar-refractivity contribution < 1.29 is 9.59 Å². The second-order valence-corrected chi connectivity index (χ2v) is 9.86. The fourth-order valence-electron chi connectivity index (χ4n) is 3.48. The predicted octanol–water partition coefficient (Wildman–Crippen LogP) is 0.182. The van der Waals surface area contributed by atoms with Crippen LogP contribution in [0.15, 0.2) is 12.1 Å². The van der Waals surface area contributed by atoms with Crippen LogP contribution in [0.5, 0.6) is 0 Å². The molecule has 26 heavy (non-hydrogen) atoms. The molecule has 2 amide bonds. The van der Waals surface area contributed by atoms with Gasteiger partial charge in [0, 0.05) is 21.0 Å². The zero-order chi connectivity index (χ0) is 18.5. The van der Waals surface area contributed by atoms with Gasteiger partial charge in [0.25, 0.3) is 0 Å². The third kappa shape index (κ3) is 2.79. The predicted molar refractivity (Wildman–Crippen MR) is 97.1 cm³/mol. The topological polar surface area (TPSA) is 130 Å². The van der Waals surface area contributed by atoms with E-state index < -0.39 is 6.04 Å². The molecule has 0 aliphatic carbocycles. The Morgan fingerprint density at radius 1 is 1.42 bits per heavy atom. The number of aromatic nitrogens is 4. The molecule has 2 aliphatic heterocycles. The molecule has 2 aromatic rings. The van der Waals surface area contributed by atoms with Gasteiger partial charge in [0.1, 0.15) is 17.5 Å². The monoisotopic (exact) mass is 393 g/mol. The maximum absolute atomic E-state index is 12.7. The van der Waals surface area contributed by atoms with Crippen LogP contribution in [0.4, 0.5) is 0 Å². The lowest BCUT2D eigenvalue weighted by Crippen LogP contribution is -2.68. The lowest BCUT2D eigenvalue weighted by atomic mass is 9.95. The quantitative estimate of drug-likeness (QED) is 0.618. The first-order chi connectivity index (χ1) is 12.4. The smallest absolute Gasteiger partial charge is 0.249 e. The minimum atomic E-state index is -0.512. The molecule has 2 aromatic heterocycles. The summed E-state index contributed by atoms with van der Waals surface area (Å²) in [6.07, 6.45) is 0.255. The van der Waals surface area contributed by atoms with Crippen molar-refractivity contribution in [2.75, 3.05) is 0 Å². The van der Waals surface area contributed by atoms with Crippen molar-refractivity contribution in [3.63, 3.8) is 0 Å². The summed E-state index contributed by atoms with van der Waals surface area (Å²) in [5.41, 5.74) is 5.60. The van der Waals surface area contributed by atoms with E-state index >= 15 is 0 Å². The molecule has 138 valence electrons. The zero-order valence-electron chi connectivity index (χ0n) is 14.3. The Bertz CT molecular complexity index is 835. The van der Waals surface area contributed by atoms with Gasteiger partial charge in [-0.15, -0.1) is 28.2 Å². The van der Waals surface area contributed by atoms with Crippen molar-refractivity contribution in [2.45, 2.75) is 49.0 Å². The van der Waals surface area contributed by atoms with Crippen molar-refractivity contribution >= 4 is 34.9 Å². The number of carbonyl (C=O) groups excluding carboxylic acids is 2. The molecular formula is C15H19N7O2S2. The summed E-state index contributed by atoms with van der Waals surface area (Å²) in [5.74, 6) is 0.310. The molecule has 0 aromatic carbocycles. The van der Waals surface area contributed by atoms with Crippen LogP contribution < -0.4 is 11.1 Å². The molecule has 0 spiro atoms. The van der Waals surface area contributed by atoms with Crippen LogP contribution in [0.1, 0.15) is 35.5 Å². The van der Waals surface area contributed by atoms with Crippen LogP contribution in [0.2, 0.25) is 0 Å². The van der Waals surface area contributed by atoms with E-state index in [1.807, 2.05) is 12.1 Å². The van der Waals surface area contributed by atoms with Gasteiger partial charge in [0.15, 0.2) is 5.82 Å². The molecule has 2 aliphatic rings. The summed E-state index contributed by atoms with van der Waals surface area (Å²) < 4.78 is -0.259. The van der Waals surface area contributed by atoms with Gasteiger partial charge < -0.3 is 16.0 Å². The average Bonchev–Trinajstić information content (AvgIpc) is 3.30. The van der Waals surface area contributed by atoms with Crippen LogP contribution in [0.25, 0.3) is 0 Å². The van der Waals surface area contributed by atoms with Crippen LogP contribution in [-0.2, 0) is 22.6 Å². The summed E-state index contributed by atoms with van der Waals surface area (Å²) in [5, 5.41) is 16.7. The minimum absolute atomic E-state index is 0.100. The molecule has 4 N–H and O–H groups in total. The Balaban J connectivity index is 1.44. The van der Waals surface area contributed by atoms with Gasteiger partial charge in [-0.25, -0.2) is 5.10 Å². The SMILES string of the molecule is CC1(C)S[C@H]2C(NC(=O)Cc3ccc(CN)s3)C(=O)N2C1c1nnn[nH]1. The molecule has 11 heteroatoms. The number of aromatic amines is 1. The highest BCUT2D eigenvalue weighted by Gasteiger charge is 2.63. The molecule has 0 bridgehead atoms. The summed E-state index contributed by atoms with van der Waals surface area (Å²) in [6, 6.07) is 3.08. The normalized spacial score (nSPS) is 26.5. The van der Waals surface area contributed by atoms with Crippen molar-refractivity contribution in [1.29, 1.82) is 0 Å². The van der Waals surface area contributed by atoms with Crippen LogP contribution in [-0.4, -0.2) is 53.5 Å². The van der Waals surface area contributed by atoms with Crippen LogP contribution in [0, 0.1) is 0 Å². The van der Waals surface area contributed by atoms with Crippen LogP contribution >= 0.6 is 23.1 Å². The maximum Gasteiger partial charge on any atom is 0.249 e. The number of nitrogens with zero attached hydrogens (tertiary/aromatic N) is 4. The fraction of sp³-hybridized carbons (Fsp3) is 0.533. The number of thiophene rings is 1. The summed E-state index contributed by atoms with van der Waals surface area (Å²) >= 11 is 3.17. The highest BCUT2D eigenvalue weighted by atomic mass is 32.2. The summed E-state index contributed by atoms with van der Waals surface area (Å²) in [7, 11) is 0. The van der Waals surface area contributed by atoms with Gasteiger partial charge in [-0.3, -0.25) is 9.59 Å². The minimum Gasteiger partial charge on any atom is -0.341 e. The average molecular weight is 393 g/mol. The molecule has 2 fully saturated rings. The van der Waals surface area contributed by atoms with Gasteiger partial charge in [0.2, 0.25) is 11.8 Å². The largest absolute Gasteiger partial charge is 0.341 e. The molecule has 4 heterocycles. The number of thioether (sulfide) groups is 1. The zero-order valence-corrected chi connectivity index (χ0v) is 15.9. The Labute approximate surface area is 158 Å². The van der Waals surface area contributed by atoms with E-state index in [1.54, 1.807) is 16.7 Å². The van der Waals surface area contributed by atoms with Crippen molar-refractivity contribution in [3.05, 3.63) is 27.7 Å². The highest BCUT2D eigenvalue weighted by Crippen LogP contribution is 2.56. The second kappa shape index (κ2) is 6.32. The van der Waals surface area contributed by atoms with E-state index in [9.17, 15) is 9.59 Å². The fourth-order valence-corrected chi connectivity index (χ4v) is 6.01. The number of hydrogen-bond acceptors (Lipinski definition) is 8. The number of nitrogens with two attached hydrogens (primary N) is 1. The van der Waals surface area contributed by atoms with Crippen molar-refractivity contribution in [1.82, 2.24) is 30.8 Å². The van der Waals surface area contributed by atoms with Gasteiger partial charge in [0.05, 0.1) is 6.42 Å². The maximum atomic E-state index is 12.7. The standard InChI is InChI=1S/C15H19N7O2S2/c1-15(2)11(12-18-20-21-19-12)22-13(24)10(14(22)26-15)17-9(23)5-7-3-4-8(6-16)25-7/h3-4,10-11,14H,5-6,16H2,1-2H3,(H,17,23)(H,18,19,20,21)/t10?,11?,14-/m0/s1. The molecule has 0 saturated carbocycles. The number of tetrazole rings is 1. The van der Waals surface area contributed by atoms with Crippen molar-refractivity contribution in [2.24, 2.45) is 5.73 Å². The van der Waals surface area contributed by atoms with E-state index in [0.29, 0.717) is 12.4 Å². The van der Waals surface area contributed by atoms with E-state index in [-0.39, 0.29) is 34.4 Å². The molecule has 9 nitrogen and oxygen atoms in total. The first-order valence-electron chi connectivity index (χ1n) is 8.21. The summed E-state index contributed by atoms with van der Waals surface area (Å²) in [6.45, 7) is 4.57. The van der Waals surface area contributed by atoms with Gasteiger partial charge in [-0.2, -0.15) is 0 Å². The number of rotatable bonds is 5. The number of amides is 2. The molecule has 2 unspecified atom stereocenters. The molecule has 0 radical (unpaired) electrons. The summed E-state index contributed by atoms with van der Waals surface area (Å²) in [4.78, 5) is 28.8. The lowest BCUT2D eigenvalue weighted by molar-refractivity contribution is -0.151. The first-order valence-corrected chi connectivity index (χ1v) is 9.91. The van der Waals surface area contributed by atoms with Crippen molar-refractivity contribution in [3.8, 4) is 0 Å². The number of fused-ring (bicyclic) bond motifs is 1. The molecule has 2 saturated heterocycles. The molecule has 4 rings (SSSR count). The second-order valence-electron chi connectivity index (χ2n) is 6.84. The third-order valence-corrected chi connectivity index (χ3v) is 7.31. The Morgan fingerprint density at radius 2 is 2.19 bits per heavy atom. The first kappa shape index (κ1) is 17.4. The lowest BCUT2D eigenvalue weighted by Gasteiger charge is -2.44. The van der Waals surface area contributed by atoms with E-state index in [1.165, 1.54) is 11.3 Å². The van der Waals surface area contributed by atoms with E-state index in [2.05, 4.69) is 39.8 Å². The number of β-lactam (4-membered cyclic amide) rings is 1. The molecular weight excluding hydrogens is 374 g/mol.